The van der Waals surface area contributed by atoms with Gasteiger partial charge in [0, 0.05) is 31.2 Å². The van der Waals surface area contributed by atoms with Gasteiger partial charge in [0.2, 0.25) is 10.0 Å². The van der Waals surface area contributed by atoms with Gasteiger partial charge in [-0.2, -0.15) is 0 Å². The number of hydrogen-bond acceptors (Lipinski definition) is 4. The van der Waals surface area contributed by atoms with E-state index >= 15 is 0 Å². The van der Waals surface area contributed by atoms with Gasteiger partial charge in [0.15, 0.2) is 0 Å². The lowest BCUT2D eigenvalue weighted by molar-refractivity contribution is 0.0945. The summed E-state index contributed by atoms with van der Waals surface area (Å²) in [6, 6.07) is 12.7. The average Bonchev–Trinajstić information content (AvgIpc) is 2.66. The lowest BCUT2D eigenvalue weighted by Crippen LogP contribution is -2.37. The van der Waals surface area contributed by atoms with Gasteiger partial charge in [-0.3, -0.25) is 4.79 Å². The Morgan fingerprint density at radius 1 is 1.10 bits per heavy atom. The van der Waals surface area contributed by atoms with Crippen LogP contribution in [0.4, 0.5) is 0 Å². The molecule has 0 fully saturated rings. The van der Waals surface area contributed by atoms with Crippen LogP contribution < -0.4 is 10.0 Å². The van der Waals surface area contributed by atoms with E-state index in [1.807, 2.05) is 25.1 Å². The molecule has 0 aliphatic heterocycles. The highest BCUT2D eigenvalue weighted by atomic mass is 32.2. The maximum Gasteiger partial charge on any atom is 0.251 e. The van der Waals surface area contributed by atoms with Gasteiger partial charge in [0.1, 0.15) is 0 Å². The van der Waals surface area contributed by atoms with Gasteiger partial charge in [-0.25, -0.2) is 13.1 Å². The minimum atomic E-state index is -3.71. The molecule has 2 N–H and O–H groups in total. The second kappa shape index (κ2) is 9.52. The molecule has 6 nitrogen and oxygen atoms in total. The molecule has 0 bridgehead atoms. The Balaban J connectivity index is 2.16. The van der Waals surface area contributed by atoms with Crippen molar-refractivity contribution in [2.45, 2.75) is 38.0 Å². The number of carbonyl (C=O) groups is 1. The Bertz CT molecular complexity index is 969. The van der Waals surface area contributed by atoms with E-state index in [2.05, 4.69) is 30.0 Å². The van der Waals surface area contributed by atoms with Crippen molar-refractivity contribution in [2.24, 2.45) is 0 Å². The zero-order valence-electron chi connectivity index (χ0n) is 17.7. The fraction of sp³-hybridized carbons (Fsp3) is 0.409. The third-order valence-corrected chi connectivity index (χ3v) is 6.31. The third-order valence-electron chi connectivity index (χ3n) is 4.85. The zero-order chi connectivity index (χ0) is 21.7. The Labute approximate surface area is 173 Å². The summed E-state index contributed by atoms with van der Waals surface area (Å²) in [6.45, 7) is 8.82. The predicted molar refractivity (Wildman–Crippen MR) is 115 cm³/mol. The molecule has 0 spiro atoms. The van der Waals surface area contributed by atoms with Crippen LogP contribution in [-0.4, -0.2) is 41.1 Å². The molecule has 2 aromatic carbocycles. The summed E-state index contributed by atoms with van der Waals surface area (Å²) in [6.07, 6.45) is 0. The summed E-state index contributed by atoms with van der Waals surface area (Å²) in [4.78, 5) is 12.9. The van der Waals surface area contributed by atoms with Crippen LogP contribution in [0.25, 0.3) is 0 Å². The SMILES string of the molecule is COCCNS(=O)(=O)c1ccc(C)c(C(=O)NCC(C)(C)c2cccc(C)c2)c1. The molecule has 1 amide bonds. The Kier molecular flexibility index (Phi) is 7.57. The zero-order valence-corrected chi connectivity index (χ0v) is 18.5. The topological polar surface area (TPSA) is 84.5 Å². The second-order valence-electron chi connectivity index (χ2n) is 7.80. The first-order valence-corrected chi connectivity index (χ1v) is 11.0. The van der Waals surface area contributed by atoms with E-state index < -0.39 is 10.0 Å². The molecule has 0 saturated carbocycles. The first-order chi connectivity index (χ1) is 13.6. The molecule has 0 radical (unpaired) electrons. The summed E-state index contributed by atoms with van der Waals surface area (Å²) < 4.78 is 32.2. The van der Waals surface area contributed by atoms with Crippen LogP contribution in [0.2, 0.25) is 0 Å². The normalized spacial score (nSPS) is 12.0. The van der Waals surface area contributed by atoms with Crippen LogP contribution in [0, 0.1) is 13.8 Å². The fourth-order valence-corrected chi connectivity index (χ4v) is 3.98. The summed E-state index contributed by atoms with van der Waals surface area (Å²) >= 11 is 0. The van der Waals surface area contributed by atoms with Crippen LogP contribution in [0.3, 0.4) is 0 Å². The molecule has 0 atom stereocenters. The Morgan fingerprint density at radius 2 is 1.83 bits per heavy atom. The van der Waals surface area contributed by atoms with E-state index in [4.69, 9.17) is 4.74 Å². The van der Waals surface area contributed by atoms with Crippen LogP contribution >= 0.6 is 0 Å². The molecule has 0 saturated heterocycles. The third kappa shape index (κ3) is 6.13. The smallest absolute Gasteiger partial charge is 0.251 e. The highest BCUT2D eigenvalue weighted by Crippen LogP contribution is 2.23. The van der Waals surface area contributed by atoms with Crippen LogP contribution in [-0.2, 0) is 20.2 Å². The minimum absolute atomic E-state index is 0.0577. The highest BCUT2D eigenvalue weighted by Gasteiger charge is 2.23. The molecule has 0 aromatic heterocycles. The van der Waals surface area contributed by atoms with Gasteiger partial charge in [-0.15, -0.1) is 0 Å². The quantitative estimate of drug-likeness (QED) is 0.613. The molecule has 0 heterocycles. The second-order valence-corrected chi connectivity index (χ2v) is 9.57. The number of benzene rings is 2. The maximum atomic E-state index is 12.8. The van der Waals surface area contributed by atoms with Crippen LogP contribution in [0.5, 0.6) is 0 Å². The number of carbonyl (C=O) groups excluding carboxylic acids is 1. The van der Waals surface area contributed by atoms with Crippen molar-refractivity contribution in [3.05, 3.63) is 64.7 Å². The number of aryl methyl sites for hydroxylation is 2. The predicted octanol–water partition coefficient (Wildman–Crippen LogP) is 2.94. The van der Waals surface area contributed by atoms with Crippen molar-refractivity contribution >= 4 is 15.9 Å². The number of nitrogens with one attached hydrogen (secondary N) is 2. The van der Waals surface area contributed by atoms with Gasteiger partial charge in [-0.05, 0) is 37.1 Å². The van der Waals surface area contributed by atoms with Crippen LogP contribution in [0.1, 0.15) is 40.9 Å². The number of rotatable bonds is 9. The monoisotopic (exact) mass is 418 g/mol. The molecule has 0 aliphatic rings. The number of ether oxygens (including phenoxy) is 1. The maximum absolute atomic E-state index is 12.8. The highest BCUT2D eigenvalue weighted by molar-refractivity contribution is 7.89. The van der Waals surface area contributed by atoms with Gasteiger partial charge in [0.25, 0.3) is 5.91 Å². The molecule has 29 heavy (non-hydrogen) atoms. The minimum Gasteiger partial charge on any atom is -0.383 e. The fourth-order valence-electron chi connectivity index (χ4n) is 2.94. The number of sulfonamides is 1. The summed E-state index contributed by atoms with van der Waals surface area (Å²) in [7, 11) is -2.21. The molecule has 158 valence electrons. The molecule has 2 rings (SSSR count). The Morgan fingerprint density at radius 3 is 2.48 bits per heavy atom. The average molecular weight is 419 g/mol. The van der Waals surface area contributed by atoms with Crippen LogP contribution in [0.15, 0.2) is 47.4 Å². The van der Waals surface area contributed by atoms with E-state index in [0.29, 0.717) is 17.7 Å². The van der Waals surface area contributed by atoms with Gasteiger partial charge in [-0.1, -0.05) is 49.7 Å². The van der Waals surface area contributed by atoms with E-state index in [9.17, 15) is 13.2 Å². The van der Waals surface area contributed by atoms with E-state index in [0.717, 1.165) is 11.1 Å². The lowest BCUT2D eigenvalue weighted by Gasteiger charge is -2.26. The molecular formula is C22H30N2O4S. The lowest BCUT2D eigenvalue weighted by atomic mass is 9.84. The first kappa shape index (κ1) is 23.1. The molecular weight excluding hydrogens is 388 g/mol. The number of methoxy groups -OCH3 is 1. The van der Waals surface area contributed by atoms with E-state index in [1.165, 1.54) is 19.2 Å². The standard InChI is InChI=1S/C22H30N2O4S/c1-16-7-6-8-18(13-16)22(3,4)15-23-21(25)20-14-19(10-9-17(20)2)29(26,27)24-11-12-28-5/h6-10,13-14,24H,11-12,15H2,1-5H3,(H,23,25). The van der Waals surface area contributed by atoms with Crippen molar-refractivity contribution in [3.63, 3.8) is 0 Å². The van der Waals surface area contributed by atoms with Crippen molar-refractivity contribution in [2.75, 3.05) is 26.8 Å². The van der Waals surface area contributed by atoms with E-state index in [-0.39, 0.29) is 29.4 Å². The van der Waals surface area contributed by atoms with Gasteiger partial charge in [0.05, 0.1) is 11.5 Å². The van der Waals surface area contributed by atoms with Crippen molar-refractivity contribution in [3.8, 4) is 0 Å². The van der Waals surface area contributed by atoms with Crippen molar-refractivity contribution in [1.82, 2.24) is 10.0 Å². The summed E-state index contributed by atoms with van der Waals surface area (Å²) in [5.74, 6) is -0.294. The van der Waals surface area contributed by atoms with Gasteiger partial charge < -0.3 is 10.1 Å². The van der Waals surface area contributed by atoms with Crippen molar-refractivity contribution in [1.29, 1.82) is 0 Å². The summed E-state index contributed by atoms with van der Waals surface area (Å²) in [5.41, 5.74) is 3.09. The van der Waals surface area contributed by atoms with Crippen molar-refractivity contribution < 1.29 is 17.9 Å². The van der Waals surface area contributed by atoms with Gasteiger partial charge >= 0.3 is 0 Å². The largest absolute Gasteiger partial charge is 0.383 e. The molecule has 0 unspecified atom stereocenters. The van der Waals surface area contributed by atoms with E-state index in [1.54, 1.807) is 13.0 Å². The first-order valence-electron chi connectivity index (χ1n) is 9.51. The Hall–Kier alpha value is -2.22. The number of amides is 1. The molecule has 2 aromatic rings. The number of hydrogen-bond donors (Lipinski definition) is 2. The summed E-state index contributed by atoms with van der Waals surface area (Å²) in [5, 5.41) is 2.95. The molecule has 7 heteroatoms. The molecule has 0 aliphatic carbocycles.